The minimum Gasteiger partial charge on any atom is -0.466 e. The Morgan fingerprint density at radius 3 is 1.77 bits per heavy atom. The second-order valence-electron chi connectivity index (χ2n) is 4.50. The highest BCUT2D eigenvalue weighted by Gasteiger charge is 2.41. The van der Waals surface area contributed by atoms with E-state index < -0.39 is 41.4 Å². The summed E-state index contributed by atoms with van der Waals surface area (Å²) < 4.78 is 82.8. The van der Waals surface area contributed by atoms with Crippen molar-refractivity contribution in [2.75, 3.05) is 6.61 Å². The van der Waals surface area contributed by atoms with Crippen molar-refractivity contribution < 1.29 is 35.9 Å². The van der Waals surface area contributed by atoms with Crippen molar-refractivity contribution in [2.45, 2.75) is 39.0 Å². The highest BCUT2D eigenvalue weighted by Crippen LogP contribution is 2.40. The lowest BCUT2D eigenvalue weighted by Gasteiger charge is -2.20. The lowest BCUT2D eigenvalue weighted by atomic mass is 9.93. The van der Waals surface area contributed by atoms with E-state index in [-0.39, 0.29) is 18.6 Å². The molecule has 0 aliphatic rings. The van der Waals surface area contributed by atoms with Gasteiger partial charge in [-0.2, -0.15) is 26.3 Å². The van der Waals surface area contributed by atoms with Crippen molar-refractivity contribution in [1.29, 1.82) is 0 Å². The minimum atomic E-state index is -4.99. The summed E-state index contributed by atoms with van der Waals surface area (Å²) in [5.41, 5.74) is -4.11. The SMILES string of the molecule is CCOC(=O)Cc1c(C(F)(F)F)cc(CC)cc1C(F)(F)F. The predicted octanol–water partition coefficient (Wildman–Crippen LogP) is 4.39. The van der Waals surface area contributed by atoms with Crippen LogP contribution in [0.25, 0.3) is 0 Å². The van der Waals surface area contributed by atoms with Crippen LogP contribution in [0.1, 0.15) is 36.1 Å². The molecule has 8 heteroatoms. The molecule has 124 valence electrons. The van der Waals surface area contributed by atoms with Crippen LogP contribution in [0.4, 0.5) is 26.3 Å². The summed E-state index contributed by atoms with van der Waals surface area (Å²) in [4.78, 5) is 11.4. The number of carbonyl (C=O) groups excluding carboxylic acids is 1. The van der Waals surface area contributed by atoms with Gasteiger partial charge in [0.1, 0.15) is 0 Å². The summed E-state index contributed by atoms with van der Waals surface area (Å²) in [7, 11) is 0. The van der Waals surface area contributed by atoms with Gasteiger partial charge in [-0.1, -0.05) is 6.92 Å². The van der Waals surface area contributed by atoms with Gasteiger partial charge in [0.2, 0.25) is 0 Å². The van der Waals surface area contributed by atoms with E-state index >= 15 is 0 Å². The van der Waals surface area contributed by atoms with E-state index in [4.69, 9.17) is 0 Å². The third-order valence-corrected chi connectivity index (χ3v) is 2.96. The maximum Gasteiger partial charge on any atom is 0.416 e. The van der Waals surface area contributed by atoms with Gasteiger partial charge in [-0.25, -0.2) is 0 Å². The average molecular weight is 328 g/mol. The van der Waals surface area contributed by atoms with Crippen LogP contribution in [-0.4, -0.2) is 12.6 Å². The second kappa shape index (κ2) is 6.58. The number of benzene rings is 1. The zero-order valence-electron chi connectivity index (χ0n) is 11.9. The molecule has 1 aromatic rings. The largest absolute Gasteiger partial charge is 0.466 e. The van der Waals surface area contributed by atoms with Crippen LogP contribution in [0.2, 0.25) is 0 Å². The van der Waals surface area contributed by atoms with E-state index in [1.807, 2.05) is 0 Å². The number of halogens is 6. The number of aryl methyl sites for hydroxylation is 1. The van der Waals surface area contributed by atoms with E-state index in [0.717, 1.165) is 0 Å². The van der Waals surface area contributed by atoms with Gasteiger partial charge in [-0.15, -0.1) is 0 Å². The number of hydrogen-bond acceptors (Lipinski definition) is 2. The third kappa shape index (κ3) is 4.38. The lowest BCUT2D eigenvalue weighted by molar-refractivity contribution is -0.146. The molecule has 22 heavy (non-hydrogen) atoms. The van der Waals surface area contributed by atoms with E-state index in [1.165, 1.54) is 13.8 Å². The Morgan fingerprint density at radius 1 is 1.00 bits per heavy atom. The Bertz CT molecular complexity index is 510. The van der Waals surface area contributed by atoms with Gasteiger partial charge in [0.05, 0.1) is 24.2 Å². The molecule has 0 spiro atoms. The number of ether oxygens (including phenoxy) is 1. The maximum atomic E-state index is 13.0. The Morgan fingerprint density at radius 2 is 1.45 bits per heavy atom. The quantitative estimate of drug-likeness (QED) is 0.605. The number of rotatable bonds is 4. The number of esters is 1. The Labute approximate surface area is 123 Å². The molecule has 0 heterocycles. The molecule has 0 aliphatic heterocycles. The first-order valence-corrected chi connectivity index (χ1v) is 6.46. The summed E-state index contributed by atoms with van der Waals surface area (Å²) in [6.07, 6.45) is -11.1. The van der Waals surface area contributed by atoms with Crippen molar-refractivity contribution in [3.05, 3.63) is 34.4 Å². The van der Waals surface area contributed by atoms with E-state index in [0.29, 0.717) is 12.1 Å². The zero-order valence-corrected chi connectivity index (χ0v) is 11.9. The third-order valence-electron chi connectivity index (χ3n) is 2.96. The number of carbonyl (C=O) groups is 1. The summed E-state index contributed by atoms with van der Waals surface area (Å²) in [6, 6.07) is 1.29. The van der Waals surface area contributed by atoms with Gasteiger partial charge in [-0.05, 0) is 36.6 Å². The van der Waals surface area contributed by atoms with E-state index in [2.05, 4.69) is 4.74 Å². The molecular weight excluding hydrogens is 314 g/mol. The molecule has 0 bridgehead atoms. The Kier molecular flexibility index (Phi) is 5.48. The molecule has 0 saturated carbocycles. The van der Waals surface area contributed by atoms with Gasteiger partial charge in [0.15, 0.2) is 0 Å². The summed E-state index contributed by atoms with van der Waals surface area (Å²) in [5, 5.41) is 0. The molecule has 0 amide bonds. The topological polar surface area (TPSA) is 26.3 Å². The summed E-state index contributed by atoms with van der Waals surface area (Å²) >= 11 is 0. The van der Waals surface area contributed by atoms with E-state index in [1.54, 1.807) is 0 Å². The molecule has 0 aromatic heterocycles. The van der Waals surface area contributed by atoms with Gasteiger partial charge in [0, 0.05) is 0 Å². The Balaban J connectivity index is 3.55. The van der Waals surface area contributed by atoms with Crippen LogP contribution >= 0.6 is 0 Å². The monoisotopic (exact) mass is 328 g/mol. The first kappa shape index (κ1) is 18.3. The van der Waals surface area contributed by atoms with Gasteiger partial charge in [-0.3, -0.25) is 4.79 Å². The van der Waals surface area contributed by atoms with Crippen molar-refractivity contribution >= 4 is 5.97 Å². The van der Waals surface area contributed by atoms with Crippen LogP contribution in [0.3, 0.4) is 0 Å². The normalized spacial score (nSPS) is 12.4. The van der Waals surface area contributed by atoms with Crippen molar-refractivity contribution in [3.63, 3.8) is 0 Å². The maximum absolute atomic E-state index is 13.0. The molecule has 0 radical (unpaired) electrons. The highest BCUT2D eigenvalue weighted by molar-refractivity contribution is 5.74. The molecule has 2 nitrogen and oxygen atoms in total. The fraction of sp³-hybridized carbons (Fsp3) is 0.500. The molecule has 0 N–H and O–H groups in total. The second-order valence-corrected chi connectivity index (χ2v) is 4.50. The average Bonchev–Trinajstić information content (AvgIpc) is 2.36. The molecular formula is C14H14F6O2. The standard InChI is InChI=1S/C14H14F6O2/c1-3-8-5-10(13(15,16)17)9(7-12(21)22-4-2)11(6-8)14(18,19)20/h5-6H,3-4,7H2,1-2H3. The van der Waals surface area contributed by atoms with E-state index in [9.17, 15) is 31.1 Å². The molecule has 0 fully saturated rings. The Hall–Kier alpha value is -1.73. The zero-order chi connectivity index (χ0) is 17.1. The predicted molar refractivity (Wildman–Crippen MR) is 66.2 cm³/mol. The smallest absolute Gasteiger partial charge is 0.416 e. The van der Waals surface area contributed by atoms with Gasteiger partial charge in [0.25, 0.3) is 0 Å². The molecule has 0 saturated heterocycles. The minimum absolute atomic E-state index is 0.00580. The van der Waals surface area contributed by atoms with Crippen molar-refractivity contribution in [3.8, 4) is 0 Å². The van der Waals surface area contributed by atoms with Crippen LogP contribution in [0.15, 0.2) is 12.1 Å². The molecule has 1 aromatic carbocycles. The first-order valence-electron chi connectivity index (χ1n) is 6.46. The molecule has 0 unspecified atom stereocenters. The number of hydrogen-bond donors (Lipinski definition) is 0. The fourth-order valence-electron chi connectivity index (χ4n) is 1.99. The molecule has 0 aliphatic carbocycles. The summed E-state index contributed by atoms with van der Waals surface area (Å²) in [5.74, 6) is -1.14. The lowest BCUT2D eigenvalue weighted by Crippen LogP contribution is -2.20. The number of alkyl halides is 6. The molecule has 0 atom stereocenters. The van der Waals surface area contributed by atoms with Gasteiger partial charge < -0.3 is 4.74 Å². The fourth-order valence-corrected chi connectivity index (χ4v) is 1.99. The van der Waals surface area contributed by atoms with Crippen LogP contribution in [-0.2, 0) is 34.7 Å². The van der Waals surface area contributed by atoms with Crippen LogP contribution in [0, 0.1) is 0 Å². The van der Waals surface area contributed by atoms with Gasteiger partial charge >= 0.3 is 18.3 Å². The van der Waals surface area contributed by atoms with Crippen LogP contribution in [0.5, 0.6) is 0 Å². The van der Waals surface area contributed by atoms with Crippen LogP contribution < -0.4 is 0 Å². The first-order chi connectivity index (χ1) is 10.0. The molecule has 1 rings (SSSR count). The highest BCUT2D eigenvalue weighted by atomic mass is 19.4. The summed E-state index contributed by atoms with van der Waals surface area (Å²) in [6.45, 7) is 2.72. The van der Waals surface area contributed by atoms with Crippen molar-refractivity contribution in [2.24, 2.45) is 0 Å². The van der Waals surface area contributed by atoms with Crippen molar-refractivity contribution in [1.82, 2.24) is 0 Å².